The van der Waals surface area contributed by atoms with Crippen molar-refractivity contribution in [3.63, 3.8) is 0 Å². The van der Waals surface area contributed by atoms with Gasteiger partial charge in [-0.05, 0) is 74.2 Å². The van der Waals surface area contributed by atoms with Crippen molar-refractivity contribution in [2.24, 2.45) is 0 Å². The van der Waals surface area contributed by atoms with E-state index in [0.717, 1.165) is 31.5 Å². The van der Waals surface area contributed by atoms with Gasteiger partial charge in [0.1, 0.15) is 22.9 Å². The van der Waals surface area contributed by atoms with E-state index in [2.05, 4.69) is 17.0 Å². The number of phenols is 1. The van der Waals surface area contributed by atoms with E-state index in [-0.39, 0.29) is 23.0 Å². The summed E-state index contributed by atoms with van der Waals surface area (Å²) >= 11 is 0. The number of halogens is 1. The smallest absolute Gasteiger partial charge is 0.200 e. The molecule has 3 aromatic carbocycles. The first kappa shape index (κ1) is 23.3. The van der Waals surface area contributed by atoms with Crippen molar-refractivity contribution in [3.05, 3.63) is 99.2 Å². The van der Waals surface area contributed by atoms with Crippen LogP contribution in [0.2, 0.25) is 0 Å². The van der Waals surface area contributed by atoms with Crippen LogP contribution in [0.25, 0.3) is 22.1 Å². The van der Waals surface area contributed by atoms with Crippen LogP contribution in [0, 0.1) is 12.7 Å². The molecule has 1 aromatic heterocycles. The monoisotopic (exact) mass is 471 g/mol. The molecule has 0 aliphatic carbocycles. The van der Waals surface area contributed by atoms with Gasteiger partial charge in [0.25, 0.3) is 0 Å². The number of nitrogens with zero attached hydrogens (tertiary/aromatic N) is 1. The van der Waals surface area contributed by atoms with Crippen molar-refractivity contribution in [1.29, 1.82) is 0 Å². The van der Waals surface area contributed by atoms with E-state index in [4.69, 9.17) is 4.42 Å². The molecule has 5 rings (SSSR count). The molecule has 1 saturated heterocycles. The Bertz CT molecular complexity index is 1400. The molecular weight excluding hydrogens is 441 g/mol. The van der Waals surface area contributed by atoms with Gasteiger partial charge >= 0.3 is 0 Å². The van der Waals surface area contributed by atoms with Crippen molar-refractivity contribution in [3.8, 4) is 16.9 Å². The number of rotatable bonds is 5. The van der Waals surface area contributed by atoms with Gasteiger partial charge < -0.3 is 9.52 Å². The second kappa shape index (κ2) is 9.67. The van der Waals surface area contributed by atoms with Crippen LogP contribution in [-0.2, 0) is 6.42 Å². The average Bonchev–Trinajstić information content (AvgIpc) is 2.88. The van der Waals surface area contributed by atoms with Crippen molar-refractivity contribution in [2.45, 2.75) is 45.6 Å². The number of phenolic OH excluding ortho intramolecular Hbond substituents is 1. The first-order valence-electron chi connectivity index (χ1n) is 12.4. The second-order valence-corrected chi connectivity index (χ2v) is 9.31. The van der Waals surface area contributed by atoms with E-state index in [1.807, 2.05) is 25.1 Å². The molecule has 0 radical (unpaired) electrons. The maximum absolute atomic E-state index is 13.9. The largest absolute Gasteiger partial charge is 0.507 e. The van der Waals surface area contributed by atoms with Crippen LogP contribution in [-0.4, -0.2) is 23.1 Å². The lowest BCUT2D eigenvalue weighted by Gasteiger charge is -2.36. The quantitative estimate of drug-likeness (QED) is 0.350. The number of likely N-dealkylation sites (tertiary alicyclic amines) is 1. The van der Waals surface area contributed by atoms with E-state index in [0.29, 0.717) is 45.4 Å². The summed E-state index contributed by atoms with van der Waals surface area (Å²) < 4.78 is 19.9. The minimum absolute atomic E-state index is 0.170. The van der Waals surface area contributed by atoms with E-state index in [1.165, 1.54) is 18.6 Å². The van der Waals surface area contributed by atoms with Crippen LogP contribution in [0.5, 0.6) is 5.75 Å². The highest BCUT2D eigenvalue weighted by atomic mass is 19.1. The Hall–Kier alpha value is -3.44. The van der Waals surface area contributed by atoms with E-state index < -0.39 is 0 Å². The van der Waals surface area contributed by atoms with E-state index in [9.17, 15) is 14.3 Å². The van der Waals surface area contributed by atoms with Crippen LogP contribution in [0.3, 0.4) is 0 Å². The Balaban J connectivity index is 1.82. The molecule has 1 N–H and O–H groups in total. The van der Waals surface area contributed by atoms with Crippen molar-refractivity contribution >= 4 is 11.0 Å². The molecule has 1 unspecified atom stereocenters. The van der Waals surface area contributed by atoms with Crippen LogP contribution in [0.15, 0.2) is 69.9 Å². The highest BCUT2D eigenvalue weighted by Crippen LogP contribution is 2.42. The molecule has 1 atom stereocenters. The molecule has 35 heavy (non-hydrogen) atoms. The number of aryl methyl sites for hydroxylation is 2. The van der Waals surface area contributed by atoms with Crippen LogP contribution < -0.4 is 5.43 Å². The zero-order valence-electron chi connectivity index (χ0n) is 20.2. The summed E-state index contributed by atoms with van der Waals surface area (Å²) in [6, 6.07) is 17.5. The fourth-order valence-corrected chi connectivity index (χ4v) is 5.36. The van der Waals surface area contributed by atoms with Gasteiger partial charge in [-0.1, -0.05) is 55.8 Å². The van der Waals surface area contributed by atoms with Crippen LogP contribution in [0.1, 0.15) is 54.7 Å². The van der Waals surface area contributed by atoms with E-state index in [1.54, 1.807) is 25.1 Å². The summed E-state index contributed by atoms with van der Waals surface area (Å²) in [7, 11) is 0. The third-order valence-electron chi connectivity index (χ3n) is 7.10. The normalized spacial score (nSPS) is 15.4. The van der Waals surface area contributed by atoms with Gasteiger partial charge in [0.05, 0.1) is 22.6 Å². The average molecular weight is 472 g/mol. The fraction of sp³-hybridized carbons (Fsp3) is 0.300. The zero-order valence-corrected chi connectivity index (χ0v) is 20.2. The molecule has 1 aliphatic rings. The third kappa shape index (κ3) is 4.25. The number of piperidine rings is 1. The fourth-order valence-electron chi connectivity index (χ4n) is 5.36. The van der Waals surface area contributed by atoms with Gasteiger partial charge in [-0.15, -0.1) is 0 Å². The SMILES string of the molecule is CCc1cc2c(=O)c(-c3ccc(F)cc3)c(C)oc2c(C(c2ccccc2)N2CCCCC2)c1O. The molecule has 0 amide bonds. The van der Waals surface area contributed by atoms with Gasteiger partial charge in [-0.3, -0.25) is 9.69 Å². The molecular formula is C30H30FNO3. The Kier molecular flexibility index (Phi) is 6.44. The number of hydrogen-bond donors (Lipinski definition) is 1. The maximum atomic E-state index is 13.9. The van der Waals surface area contributed by atoms with Crippen molar-refractivity contribution < 1.29 is 13.9 Å². The topological polar surface area (TPSA) is 53.7 Å². The van der Waals surface area contributed by atoms with E-state index >= 15 is 0 Å². The predicted molar refractivity (Wildman–Crippen MR) is 137 cm³/mol. The summed E-state index contributed by atoms with van der Waals surface area (Å²) in [4.78, 5) is 16.2. The summed E-state index contributed by atoms with van der Waals surface area (Å²) in [5.41, 5.74) is 3.71. The lowest BCUT2D eigenvalue weighted by atomic mass is 9.89. The Morgan fingerprint density at radius 2 is 1.71 bits per heavy atom. The molecule has 0 spiro atoms. The molecule has 4 nitrogen and oxygen atoms in total. The number of aromatic hydroxyl groups is 1. The maximum Gasteiger partial charge on any atom is 0.200 e. The molecule has 1 fully saturated rings. The minimum Gasteiger partial charge on any atom is -0.507 e. The molecule has 4 aromatic rings. The first-order valence-corrected chi connectivity index (χ1v) is 12.4. The summed E-state index contributed by atoms with van der Waals surface area (Å²) in [6.07, 6.45) is 3.95. The number of benzene rings is 3. The van der Waals surface area contributed by atoms with Gasteiger partial charge in [0.2, 0.25) is 5.43 Å². The third-order valence-corrected chi connectivity index (χ3v) is 7.10. The summed E-state index contributed by atoms with van der Waals surface area (Å²) in [5, 5.41) is 12.0. The first-order chi connectivity index (χ1) is 17.0. The molecule has 180 valence electrons. The van der Waals surface area contributed by atoms with Gasteiger partial charge in [-0.2, -0.15) is 0 Å². The summed E-state index contributed by atoms with van der Waals surface area (Å²) in [6.45, 7) is 5.55. The molecule has 1 aliphatic heterocycles. The van der Waals surface area contributed by atoms with Crippen LogP contribution >= 0.6 is 0 Å². The highest BCUT2D eigenvalue weighted by molar-refractivity contribution is 5.88. The molecule has 0 bridgehead atoms. The molecule has 2 heterocycles. The minimum atomic E-state index is -0.357. The predicted octanol–water partition coefficient (Wildman–Crippen LogP) is 6.75. The Morgan fingerprint density at radius 3 is 2.37 bits per heavy atom. The second-order valence-electron chi connectivity index (χ2n) is 9.31. The van der Waals surface area contributed by atoms with Crippen molar-refractivity contribution in [1.82, 2.24) is 4.90 Å². The Labute approximate surface area is 204 Å². The molecule has 5 heteroatoms. The Morgan fingerprint density at radius 1 is 1.03 bits per heavy atom. The highest BCUT2D eigenvalue weighted by Gasteiger charge is 2.31. The molecule has 0 saturated carbocycles. The van der Waals surface area contributed by atoms with Crippen LogP contribution in [0.4, 0.5) is 4.39 Å². The zero-order chi connectivity index (χ0) is 24.5. The van der Waals surface area contributed by atoms with Gasteiger partial charge in [-0.25, -0.2) is 4.39 Å². The number of fused-ring (bicyclic) bond motifs is 1. The van der Waals surface area contributed by atoms with Crippen molar-refractivity contribution in [2.75, 3.05) is 13.1 Å². The lowest BCUT2D eigenvalue weighted by molar-refractivity contribution is 0.185. The van der Waals surface area contributed by atoms with Gasteiger partial charge in [0, 0.05) is 0 Å². The number of hydrogen-bond acceptors (Lipinski definition) is 4. The van der Waals surface area contributed by atoms with Gasteiger partial charge in [0.15, 0.2) is 0 Å². The summed E-state index contributed by atoms with van der Waals surface area (Å²) in [5.74, 6) is 0.283. The standard InChI is InChI=1S/C30H30FNO3/c1-3-20-18-24-29(34)25(21-12-14-23(31)15-13-21)19(2)35-30(24)26(28(20)33)27(22-10-6-4-7-11-22)32-16-8-5-9-17-32/h4,6-7,10-15,18,27,33H,3,5,8-9,16-17H2,1-2H3. The lowest BCUT2D eigenvalue weighted by Crippen LogP contribution is -2.34.